The Morgan fingerprint density at radius 3 is 2.02 bits per heavy atom. The lowest BCUT2D eigenvalue weighted by Crippen LogP contribution is -2.76. The van der Waals surface area contributed by atoms with Gasteiger partial charge in [0.05, 0.1) is 11.5 Å². The molecule has 2 fully saturated rings. The second kappa shape index (κ2) is 10.1. The van der Waals surface area contributed by atoms with Crippen LogP contribution in [0, 0.1) is 34.5 Å². The smallest absolute Gasteiger partial charge is 0.190 e. The van der Waals surface area contributed by atoms with Crippen molar-refractivity contribution in [3.8, 4) is 16.9 Å². The Hall–Kier alpha value is -3.78. The first-order valence-corrected chi connectivity index (χ1v) is 15.2. The Kier molecular flexibility index (Phi) is 7.28. The van der Waals surface area contributed by atoms with Crippen LogP contribution in [0.15, 0.2) is 30.3 Å². The molecule has 0 amide bonds. The average Bonchev–Trinajstić information content (AvgIpc) is 2.90. The van der Waals surface area contributed by atoms with Crippen molar-refractivity contribution in [2.45, 2.75) is 79.8 Å². The first-order valence-electron chi connectivity index (χ1n) is 15.2. The van der Waals surface area contributed by atoms with Crippen molar-refractivity contribution in [1.29, 1.82) is 0 Å². The van der Waals surface area contributed by atoms with Crippen LogP contribution in [-0.2, 0) is 25.6 Å². The normalized spacial score (nSPS) is 31.6. The van der Waals surface area contributed by atoms with Crippen LogP contribution in [0.4, 0.5) is 0 Å². The second-order valence-corrected chi connectivity index (χ2v) is 14.3. The number of aromatic hydroxyl groups is 1. The number of ketones is 6. The second-order valence-electron chi connectivity index (χ2n) is 14.3. The SMILES string of the molecule is CC(=O)c1ccc(-c2cc(C(C)C)c3c(c2O)C(=O)C2C(=O)[C@@]4(O)C(=O)C(C(C)=O)C(=O)C(C(C)C)[C@@]4(C)C[C@@]2(C)C3)cc1. The van der Waals surface area contributed by atoms with Crippen molar-refractivity contribution in [3.63, 3.8) is 0 Å². The summed E-state index contributed by atoms with van der Waals surface area (Å²) in [6.45, 7) is 13.4. The molecule has 0 aliphatic heterocycles. The van der Waals surface area contributed by atoms with Gasteiger partial charge in [-0.25, -0.2) is 0 Å². The van der Waals surface area contributed by atoms with Crippen LogP contribution < -0.4 is 0 Å². The molecule has 0 saturated heterocycles. The van der Waals surface area contributed by atoms with Gasteiger partial charge in [0, 0.05) is 22.5 Å². The van der Waals surface area contributed by atoms with Gasteiger partial charge in [0.1, 0.15) is 17.5 Å². The van der Waals surface area contributed by atoms with Gasteiger partial charge in [-0.1, -0.05) is 65.8 Å². The van der Waals surface area contributed by atoms with Gasteiger partial charge in [0.15, 0.2) is 34.5 Å². The van der Waals surface area contributed by atoms with Gasteiger partial charge in [-0.05, 0) is 66.7 Å². The molecule has 0 spiro atoms. The van der Waals surface area contributed by atoms with Gasteiger partial charge in [-0.15, -0.1) is 0 Å². The maximum atomic E-state index is 14.6. The fourth-order valence-corrected chi connectivity index (χ4v) is 8.85. The fourth-order valence-electron chi connectivity index (χ4n) is 8.85. The van der Waals surface area contributed by atoms with E-state index >= 15 is 0 Å². The predicted molar refractivity (Wildman–Crippen MR) is 162 cm³/mol. The minimum absolute atomic E-state index is 0.00952. The third-order valence-electron chi connectivity index (χ3n) is 10.6. The molecule has 6 atom stereocenters. The van der Waals surface area contributed by atoms with Crippen LogP contribution in [0.3, 0.4) is 0 Å². The molecule has 0 aromatic heterocycles. The Bertz CT molecular complexity index is 1660. The minimum atomic E-state index is -2.74. The highest BCUT2D eigenvalue weighted by Crippen LogP contribution is 2.64. The van der Waals surface area contributed by atoms with Gasteiger partial charge in [-0.3, -0.25) is 28.8 Å². The number of hydrogen-bond donors (Lipinski definition) is 2. The largest absolute Gasteiger partial charge is 0.507 e. The number of fused-ring (bicyclic) bond motifs is 3. The molecule has 8 nitrogen and oxygen atoms in total. The maximum Gasteiger partial charge on any atom is 0.190 e. The number of benzene rings is 2. The van der Waals surface area contributed by atoms with Crippen LogP contribution in [0.5, 0.6) is 5.75 Å². The van der Waals surface area contributed by atoms with E-state index in [2.05, 4.69) is 0 Å². The number of phenolic OH excluding ortho intramolecular Hbond substituents is 1. The van der Waals surface area contributed by atoms with Gasteiger partial charge in [-0.2, -0.15) is 0 Å². The third-order valence-corrected chi connectivity index (χ3v) is 10.6. The summed E-state index contributed by atoms with van der Waals surface area (Å²) in [6, 6.07) is 8.48. The Morgan fingerprint density at radius 1 is 0.932 bits per heavy atom. The molecule has 44 heavy (non-hydrogen) atoms. The summed E-state index contributed by atoms with van der Waals surface area (Å²) in [4.78, 5) is 81.1. The molecule has 2 N–H and O–H groups in total. The topological polar surface area (TPSA) is 143 Å². The van der Waals surface area contributed by atoms with Crippen molar-refractivity contribution < 1.29 is 39.0 Å². The number of rotatable bonds is 5. The van der Waals surface area contributed by atoms with E-state index < -0.39 is 69.0 Å². The highest BCUT2D eigenvalue weighted by Gasteiger charge is 2.76. The zero-order valence-electron chi connectivity index (χ0n) is 26.5. The standard InChI is InChI=1S/C36H40O8/c1-16(2)22-13-23(21-11-9-20(10-12-21)18(5)37)29(39)26-24(22)14-34(7)15-35(8)27(17(3)4)30(40)25(19(6)38)32(42)36(35,44)33(43)28(34)31(26)41/h9-13,16-17,25,27-28,39,44H,14-15H2,1-8H3/t25?,27?,28?,34-,35-,36+/m1/s1. The number of Topliss-reactive ketones (excluding diaryl/α,β-unsaturated/α-hetero) is 6. The van der Waals surface area contributed by atoms with Crippen LogP contribution >= 0.6 is 0 Å². The minimum Gasteiger partial charge on any atom is -0.507 e. The summed E-state index contributed by atoms with van der Waals surface area (Å²) in [7, 11) is 0. The summed E-state index contributed by atoms with van der Waals surface area (Å²) >= 11 is 0. The zero-order valence-corrected chi connectivity index (χ0v) is 26.5. The summed E-state index contributed by atoms with van der Waals surface area (Å²) in [5.41, 5.74) is -2.56. The lowest BCUT2D eigenvalue weighted by atomic mass is 9.39. The monoisotopic (exact) mass is 600 g/mol. The van der Waals surface area contributed by atoms with E-state index in [1.54, 1.807) is 52.0 Å². The molecule has 2 aromatic rings. The summed E-state index contributed by atoms with van der Waals surface area (Å²) in [5, 5.41) is 23.9. The van der Waals surface area contributed by atoms with E-state index in [1.165, 1.54) is 6.92 Å². The maximum absolute atomic E-state index is 14.6. The number of carbonyl (C=O) groups is 6. The molecule has 2 saturated carbocycles. The van der Waals surface area contributed by atoms with Gasteiger partial charge < -0.3 is 10.2 Å². The highest BCUT2D eigenvalue weighted by molar-refractivity contribution is 6.32. The van der Waals surface area contributed by atoms with Crippen molar-refractivity contribution in [2.24, 2.45) is 34.5 Å². The predicted octanol–water partition coefficient (Wildman–Crippen LogP) is 5.09. The van der Waals surface area contributed by atoms with Gasteiger partial charge in [0.2, 0.25) is 0 Å². The molecule has 3 aliphatic rings. The number of phenols is 1. The number of carbonyl (C=O) groups excluding carboxylic acids is 6. The number of aliphatic hydroxyl groups is 1. The molecule has 0 heterocycles. The molecular weight excluding hydrogens is 560 g/mol. The van der Waals surface area contributed by atoms with Crippen molar-refractivity contribution >= 4 is 34.7 Å². The Labute approximate surface area is 257 Å². The molecule has 232 valence electrons. The highest BCUT2D eigenvalue weighted by atomic mass is 16.3. The molecule has 3 unspecified atom stereocenters. The molecule has 5 rings (SSSR count). The van der Waals surface area contributed by atoms with E-state index in [1.807, 2.05) is 19.9 Å². The van der Waals surface area contributed by atoms with E-state index in [9.17, 15) is 39.0 Å². The summed E-state index contributed by atoms with van der Waals surface area (Å²) < 4.78 is 0. The average molecular weight is 601 g/mol. The molecule has 8 heteroatoms. The van der Waals surface area contributed by atoms with Crippen LogP contribution in [0.2, 0.25) is 0 Å². The van der Waals surface area contributed by atoms with Crippen molar-refractivity contribution in [1.82, 2.24) is 0 Å². The van der Waals surface area contributed by atoms with Crippen LogP contribution in [-0.4, -0.2) is 50.5 Å². The zero-order chi connectivity index (χ0) is 32.8. The quantitative estimate of drug-likeness (QED) is 0.357. The first kappa shape index (κ1) is 31.6. The van der Waals surface area contributed by atoms with Gasteiger partial charge in [0.25, 0.3) is 0 Å². The summed E-state index contributed by atoms with van der Waals surface area (Å²) in [6.07, 6.45) is 0.208. The lowest BCUT2D eigenvalue weighted by molar-refractivity contribution is -0.205. The van der Waals surface area contributed by atoms with Crippen LogP contribution in [0.25, 0.3) is 11.1 Å². The van der Waals surface area contributed by atoms with E-state index in [0.717, 1.165) is 12.5 Å². The van der Waals surface area contributed by atoms with E-state index in [4.69, 9.17) is 0 Å². The molecule has 0 radical (unpaired) electrons. The molecular formula is C36H40O8. The van der Waals surface area contributed by atoms with Crippen molar-refractivity contribution in [3.05, 3.63) is 52.6 Å². The first-order chi connectivity index (χ1) is 20.3. The Morgan fingerprint density at radius 2 is 1.52 bits per heavy atom. The fraction of sp³-hybridized carbons (Fsp3) is 0.500. The summed E-state index contributed by atoms with van der Waals surface area (Å²) in [5.74, 6) is -9.36. The van der Waals surface area contributed by atoms with Gasteiger partial charge >= 0.3 is 0 Å². The third kappa shape index (κ3) is 4.06. The van der Waals surface area contributed by atoms with E-state index in [0.29, 0.717) is 22.3 Å². The Balaban J connectivity index is 1.75. The van der Waals surface area contributed by atoms with Crippen LogP contribution in [0.1, 0.15) is 99.6 Å². The molecule has 2 aromatic carbocycles. The van der Waals surface area contributed by atoms with Crippen molar-refractivity contribution in [2.75, 3.05) is 0 Å². The molecule has 0 bridgehead atoms. The molecule has 3 aliphatic carbocycles. The van der Waals surface area contributed by atoms with E-state index in [-0.39, 0.29) is 35.9 Å². The lowest BCUT2D eigenvalue weighted by Gasteiger charge is -2.62. The number of hydrogen-bond acceptors (Lipinski definition) is 8.